The van der Waals surface area contributed by atoms with Gasteiger partial charge in [0, 0.05) is 17.5 Å². The molecule has 2 heteroatoms. The minimum Gasteiger partial charge on any atom is -0.303 e. The Hall–Kier alpha value is -0.0800. The Morgan fingerprint density at radius 1 is 1.20 bits per heavy atom. The highest BCUT2D eigenvalue weighted by Gasteiger charge is 2.59. The third kappa shape index (κ3) is 1.53. The van der Waals surface area contributed by atoms with Crippen LogP contribution in [-0.2, 0) is 0 Å². The van der Waals surface area contributed by atoms with Gasteiger partial charge in [0.15, 0.2) is 0 Å². The molecule has 0 amide bonds. The molecular formula is C13H26N2. The van der Waals surface area contributed by atoms with E-state index in [2.05, 4.69) is 37.7 Å². The summed E-state index contributed by atoms with van der Waals surface area (Å²) in [6.07, 6.45) is 5.55. The highest BCUT2D eigenvalue weighted by Crippen LogP contribution is 2.57. The van der Waals surface area contributed by atoms with Gasteiger partial charge in [-0.15, -0.1) is 0 Å². The van der Waals surface area contributed by atoms with Gasteiger partial charge in [0.25, 0.3) is 0 Å². The number of hydrogen-bond acceptors (Lipinski definition) is 2. The highest BCUT2D eigenvalue weighted by molar-refractivity contribution is 5.14. The van der Waals surface area contributed by atoms with Crippen molar-refractivity contribution < 1.29 is 0 Å². The Morgan fingerprint density at radius 2 is 1.93 bits per heavy atom. The molecule has 0 bridgehead atoms. The fourth-order valence-corrected chi connectivity index (χ4v) is 3.65. The number of rotatable bonds is 3. The summed E-state index contributed by atoms with van der Waals surface area (Å²) in [6.45, 7) is 8.72. The molecule has 15 heavy (non-hydrogen) atoms. The molecule has 0 aromatic rings. The second-order valence-corrected chi connectivity index (χ2v) is 5.97. The highest BCUT2D eigenvalue weighted by atomic mass is 15.2. The second-order valence-electron chi connectivity index (χ2n) is 5.97. The molecule has 2 aliphatic rings. The van der Waals surface area contributed by atoms with Gasteiger partial charge >= 0.3 is 0 Å². The predicted octanol–water partition coefficient (Wildman–Crippen LogP) is 2.20. The molecular weight excluding hydrogens is 184 g/mol. The fourth-order valence-electron chi connectivity index (χ4n) is 3.65. The average molecular weight is 210 g/mol. The smallest absolute Gasteiger partial charge is 0.0244 e. The normalized spacial score (nSPS) is 41.4. The van der Waals surface area contributed by atoms with Crippen LogP contribution in [0, 0.1) is 5.41 Å². The van der Waals surface area contributed by atoms with Gasteiger partial charge in [0.05, 0.1) is 0 Å². The minimum atomic E-state index is 0.468. The van der Waals surface area contributed by atoms with Crippen LogP contribution in [0.15, 0.2) is 0 Å². The van der Waals surface area contributed by atoms with Gasteiger partial charge in [-0.2, -0.15) is 0 Å². The third-order valence-corrected chi connectivity index (χ3v) is 5.19. The molecule has 1 aliphatic carbocycles. The van der Waals surface area contributed by atoms with Crippen LogP contribution in [0.4, 0.5) is 0 Å². The first kappa shape index (κ1) is 11.4. The van der Waals surface area contributed by atoms with E-state index in [9.17, 15) is 0 Å². The van der Waals surface area contributed by atoms with E-state index < -0.39 is 0 Å². The molecule has 2 fully saturated rings. The molecule has 88 valence electrons. The summed E-state index contributed by atoms with van der Waals surface area (Å²) in [5.74, 6) is 0. The molecule has 0 radical (unpaired) electrons. The lowest BCUT2D eigenvalue weighted by Gasteiger charge is -2.60. The number of likely N-dealkylation sites (tertiary alicyclic amines) is 1. The molecule has 0 N–H and O–H groups in total. The monoisotopic (exact) mass is 210 g/mol. The zero-order valence-corrected chi connectivity index (χ0v) is 10.8. The topological polar surface area (TPSA) is 6.48 Å². The van der Waals surface area contributed by atoms with Crippen molar-refractivity contribution >= 4 is 0 Å². The zero-order chi connectivity index (χ0) is 11.1. The number of nitrogens with zero attached hydrogens (tertiary/aromatic N) is 2. The summed E-state index contributed by atoms with van der Waals surface area (Å²) in [5.41, 5.74) is 1.08. The van der Waals surface area contributed by atoms with E-state index in [-0.39, 0.29) is 0 Å². The van der Waals surface area contributed by atoms with Gasteiger partial charge in [0.1, 0.15) is 0 Å². The van der Waals surface area contributed by atoms with Crippen molar-refractivity contribution in [2.75, 3.05) is 33.7 Å². The maximum Gasteiger partial charge on any atom is 0.0244 e. The summed E-state index contributed by atoms with van der Waals surface area (Å²) in [7, 11) is 4.51. The maximum absolute atomic E-state index is 2.67. The fraction of sp³-hybridized carbons (Fsp3) is 1.00. The third-order valence-electron chi connectivity index (χ3n) is 5.19. The Labute approximate surface area is 94.6 Å². The number of hydrogen-bond donors (Lipinski definition) is 0. The standard InChI is InChI=1S/C13H26N2/c1-5-9-15-10-8-13(11-15)7-6-12(13,2)14(3)4/h5-11H2,1-4H3. The Bertz CT molecular complexity index is 239. The molecule has 0 aromatic heterocycles. The summed E-state index contributed by atoms with van der Waals surface area (Å²) in [5, 5.41) is 0. The molecule has 2 unspecified atom stereocenters. The Balaban J connectivity index is 2.04. The van der Waals surface area contributed by atoms with Crippen LogP contribution in [0.1, 0.15) is 39.5 Å². The molecule has 2 nitrogen and oxygen atoms in total. The van der Waals surface area contributed by atoms with E-state index in [0.29, 0.717) is 11.0 Å². The van der Waals surface area contributed by atoms with E-state index in [1.165, 1.54) is 45.3 Å². The van der Waals surface area contributed by atoms with E-state index in [4.69, 9.17) is 0 Å². The minimum absolute atomic E-state index is 0.468. The van der Waals surface area contributed by atoms with Crippen molar-refractivity contribution in [3.05, 3.63) is 0 Å². The summed E-state index contributed by atoms with van der Waals surface area (Å²) in [6, 6.07) is 0. The van der Waals surface area contributed by atoms with Crippen LogP contribution in [0.25, 0.3) is 0 Å². The SMILES string of the molecule is CCCN1CCC2(CCC2(C)N(C)C)C1. The maximum atomic E-state index is 2.67. The molecule has 1 saturated heterocycles. The van der Waals surface area contributed by atoms with Crippen LogP contribution >= 0.6 is 0 Å². The van der Waals surface area contributed by atoms with Gasteiger partial charge in [-0.3, -0.25) is 0 Å². The molecule has 1 spiro atoms. The van der Waals surface area contributed by atoms with Gasteiger partial charge < -0.3 is 9.80 Å². The van der Waals surface area contributed by atoms with Crippen LogP contribution in [0.5, 0.6) is 0 Å². The quantitative estimate of drug-likeness (QED) is 0.704. The van der Waals surface area contributed by atoms with Gasteiger partial charge in [-0.25, -0.2) is 0 Å². The van der Waals surface area contributed by atoms with Crippen LogP contribution in [-0.4, -0.2) is 49.1 Å². The summed E-state index contributed by atoms with van der Waals surface area (Å²) in [4.78, 5) is 5.13. The first-order valence-corrected chi connectivity index (χ1v) is 6.44. The van der Waals surface area contributed by atoms with Gasteiger partial charge in [-0.1, -0.05) is 6.92 Å². The average Bonchev–Trinajstić information content (AvgIpc) is 2.62. The lowest BCUT2D eigenvalue weighted by molar-refractivity contribution is -0.0796. The Kier molecular flexibility index (Phi) is 2.85. The molecule has 2 atom stereocenters. The van der Waals surface area contributed by atoms with Crippen molar-refractivity contribution in [2.45, 2.75) is 45.1 Å². The molecule has 1 saturated carbocycles. The van der Waals surface area contributed by atoms with Gasteiger partial charge in [0.2, 0.25) is 0 Å². The zero-order valence-electron chi connectivity index (χ0n) is 10.8. The first-order chi connectivity index (χ1) is 7.04. The van der Waals surface area contributed by atoms with E-state index >= 15 is 0 Å². The van der Waals surface area contributed by atoms with E-state index in [0.717, 1.165) is 0 Å². The van der Waals surface area contributed by atoms with Crippen LogP contribution < -0.4 is 0 Å². The molecule has 2 rings (SSSR count). The molecule has 1 heterocycles. The van der Waals surface area contributed by atoms with E-state index in [1.54, 1.807) is 0 Å². The van der Waals surface area contributed by atoms with Crippen molar-refractivity contribution in [2.24, 2.45) is 5.41 Å². The van der Waals surface area contributed by atoms with Crippen molar-refractivity contribution in [1.29, 1.82) is 0 Å². The summed E-state index contributed by atoms with van der Waals surface area (Å²) < 4.78 is 0. The van der Waals surface area contributed by atoms with Crippen molar-refractivity contribution in [3.63, 3.8) is 0 Å². The van der Waals surface area contributed by atoms with Crippen LogP contribution in [0.3, 0.4) is 0 Å². The van der Waals surface area contributed by atoms with Crippen molar-refractivity contribution in [3.8, 4) is 0 Å². The summed E-state index contributed by atoms with van der Waals surface area (Å²) >= 11 is 0. The first-order valence-electron chi connectivity index (χ1n) is 6.44. The van der Waals surface area contributed by atoms with Gasteiger partial charge in [-0.05, 0) is 59.8 Å². The largest absolute Gasteiger partial charge is 0.303 e. The second kappa shape index (κ2) is 3.74. The molecule has 0 aromatic carbocycles. The van der Waals surface area contributed by atoms with Crippen molar-refractivity contribution in [1.82, 2.24) is 9.80 Å². The predicted molar refractivity (Wildman–Crippen MR) is 65.1 cm³/mol. The molecule has 1 aliphatic heterocycles. The Morgan fingerprint density at radius 3 is 2.40 bits per heavy atom. The lowest BCUT2D eigenvalue weighted by Crippen LogP contribution is -2.64. The van der Waals surface area contributed by atoms with Crippen LogP contribution in [0.2, 0.25) is 0 Å². The van der Waals surface area contributed by atoms with E-state index in [1.807, 2.05) is 0 Å². The lowest BCUT2D eigenvalue weighted by atomic mass is 9.54.